The van der Waals surface area contributed by atoms with Crippen molar-refractivity contribution < 1.29 is 24.0 Å². The predicted molar refractivity (Wildman–Crippen MR) is 169 cm³/mol. The third-order valence-electron chi connectivity index (χ3n) is 7.25. The number of amides is 2. The maximum absolute atomic E-state index is 13.5. The largest absolute Gasteiger partial charge is 0.488 e. The second-order valence-corrected chi connectivity index (χ2v) is 11.6. The number of non-ortho nitro benzene ring substituents is 1. The zero-order chi connectivity index (χ0) is 31.4. The van der Waals surface area contributed by atoms with E-state index in [1.165, 1.54) is 18.2 Å². The van der Waals surface area contributed by atoms with Crippen molar-refractivity contribution in [2.75, 3.05) is 17.7 Å². The number of ether oxygens (including phenoxy) is 2. The van der Waals surface area contributed by atoms with Crippen molar-refractivity contribution in [1.29, 1.82) is 0 Å². The van der Waals surface area contributed by atoms with Gasteiger partial charge in [-0.2, -0.15) is 0 Å². The van der Waals surface area contributed by atoms with E-state index in [2.05, 4.69) is 10.6 Å². The normalized spacial score (nSPS) is 12.9. The fourth-order valence-electron chi connectivity index (χ4n) is 5.26. The van der Waals surface area contributed by atoms with Gasteiger partial charge in [-0.1, -0.05) is 60.7 Å². The average Bonchev–Trinajstić information content (AvgIpc) is 3.30. The molecule has 0 saturated heterocycles. The van der Waals surface area contributed by atoms with E-state index in [-0.39, 0.29) is 41.6 Å². The first kappa shape index (κ1) is 30.1. The number of nitrogen functional groups attached to an aromatic ring is 1. The Hall–Kier alpha value is -5.38. The van der Waals surface area contributed by atoms with E-state index in [1.807, 2.05) is 81.4 Å². The second kappa shape index (κ2) is 12.5. The van der Waals surface area contributed by atoms with E-state index in [9.17, 15) is 19.7 Å². The smallest absolute Gasteiger partial charge is 0.407 e. The number of nitrogens with zero attached hydrogens (tertiary/aromatic N) is 1. The maximum atomic E-state index is 13.5. The fourth-order valence-corrected chi connectivity index (χ4v) is 5.26. The van der Waals surface area contributed by atoms with Gasteiger partial charge in [-0.3, -0.25) is 14.9 Å². The number of benzene rings is 4. The van der Waals surface area contributed by atoms with Crippen LogP contribution < -0.4 is 21.1 Å². The number of hydrogen-bond donors (Lipinski definition) is 3. The Kier molecular flexibility index (Phi) is 8.52. The van der Waals surface area contributed by atoms with Crippen LogP contribution in [0.2, 0.25) is 0 Å². The van der Waals surface area contributed by atoms with Gasteiger partial charge in [-0.15, -0.1) is 0 Å². The molecule has 1 atom stereocenters. The van der Waals surface area contributed by atoms with Crippen molar-refractivity contribution in [2.45, 2.75) is 44.8 Å². The average molecular weight is 595 g/mol. The number of hydrogen-bond acceptors (Lipinski definition) is 7. The van der Waals surface area contributed by atoms with Gasteiger partial charge in [0, 0.05) is 24.5 Å². The van der Waals surface area contributed by atoms with Crippen LogP contribution >= 0.6 is 0 Å². The van der Waals surface area contributed by atoms with Crippen LogP contribution in [0.15, 0.2) is 91.0 Å². The van der Waals surface area contributed by atoms with Crippen LogP contribution in [-0.2, 0) is 16.0 Å². The molecule has 0 bridgehead atoms. The second-order valence-electron chi connectivity index (χ2n) is 11.6. The lowest BCUT2D eigenvalue weighted by Crippen LogP contribution is -2.45. The molecule has 5 rings (SSSR count). The van der Waals surface area contributed by atoms with Gasteiger partial charge < -0.3 is 25.8 Å². The minimum absolute atomic E-state index is 0.0671. The van der Waals surface area contributed by atoms with Crippen LogP contribution in [0.25, 0.3) is 11.1 Å². The molecule has 10 heteroatoms. The molecule has 44 heavy (non-hydrogen) atoms. The number of alkyl carbamates (subject to hydrolysis) is 1. The predicted octanol–water partition coefficient (Wildman–Crippen LogP) is 6.44. The first-order chi connectivity index (χ1) is 21.0. The summed E-state index contributed by atoms with van der Waals surface area (Å²) in [5.74, 6) is -0.0997. The highest BCUT2D eigenvalue weighted by atomic mass is 16.6. The summed E-state index contributed by atoms with van der Waals surface area (Å²) in [6.45, 7) is 5.91. The molecule has 1 aliphatic carbocycles. The van der Waals surface area contributed by atoms with Crippen LogP contribution in [0.1, 0.15) is 43.4 Å². The van der Waals surface area contributed by atoms with E-state index in [0.29, 0.717) is 5.75 Å². The van der Waals surface area contributed by atoms with Gasteiger partial charge in [0.25, 0.3) is 5.69 Å². The Balaban J connectivity index is 1.33. The fraction of sp³-hybridized carbons (Fsp3) is 0.235. The van der Waals surface area contributed by atoms with E-state index >= 15 is 0 Å². The summed E-state index contributed by atoms with van der Waals surface area (Å²) in [7, 11) is 0. The van der Waals surface area contributed by atoms with Crippen LogP contribution in [-0.4, -0.2) is 35.2 Å². The molecule has 4 N–H and O–H groups in total. The highest BCUT2D eigenvalue weighted by molar-refractivity contribution is 5.99. The van der Waals surface area contributed by atoms with E-state index in [0.717, 1.165) is 27.8 Å². The Labute approximate surface area is 255 Å². The molecule has 0 spiro atoms. The third kappa shape index (κ3) is 6.97. The Bertz CT molecular complexity index is 1650. The SMILES string of the molecule is CC(C)(C)Oc1ccc(C[C@H](NC(=O)OCC2c3ccccc3-c3ccccc32)C(=O)Nc2cc([N+](=O)[O-])ccc2N)cc1. The number of rotatable bonds is 9. The summed E-state index contributed by atoms with van der Waals surface area (Å²) in [4.78, 5) is 37.4. The zero-order valence-electron chi connectivity index (χ0n) is 24.7. The van der Waals surface area contributed by atoms with Crippen LogP contribution in [0.5, 0.6) is 5.75 Å². The lowest BCUT2D eigenvalue weighted by molar-refractivity contribution is -0.384. The molecule has 2 amide bonds. The van der Waals surface area contributed by atoms with Gasteiger partial charge in [-0.25, -0.2) is 4.79 Å². The van der Waals surface area contributed by atoms with Gasteiger partial charge in [0.2, 0.25) is 5.91 Å². The van der Waals surface area contributed by atoms with Crippen molar-refractivity contribution in [3.8, 4) is 16.9 Å². The topological polar surface area (TPSA) is 146 Å². The van der Waals surface area contributed by atoms with Crippen molar-refractivity contribution in [1.82, 2.24) is 5.32 Å². The highest BCUT2D eigenvalue weighted by Crippen LogP contribution is 2.44. The number of carbonyl (C=O) groups excluding carboxylic acids is 2. The standard InChI is InChI=1S/C34H34N4O6/c1-34(2,3)44-23-15-12-21(13-16-23)18-31(32(39)36-30-19-22(38(41)42)14-17-29(30)35)37-33(40)43-20-28-26-10-6-4-8-24(26)25-9-5-7-11-27(25)28/h4-17,19,28,31H,18,20,35H2,1-3H3,(H,36,39)(H,37,40)/t31-/m0/s1. The number of nitrogens with one attached hydrogen (secondary N) is 2. The molecular weight excluding hydrogens is 560 g/mol. The molecule has 4 aromatic carbocycles. The van der Waals surface area contributed by atoms with Gasteiger partial charge in [0.1, 0.15) is 24.0 Å². The van der Waals surface area contributed by atoms with E-state index in [1.54, 1.807) is 12.1 Å². The van der Waals surface area contributed by atoms with Gasteiger partial charge in [0.05, 0.1) is 16.3 Å². The van der Waals surface area contributed by atoms with Gasteiger partial charge >= 0.3 is 6.09 Å². The van der Waals surface area contributed by atoms with Crippen LogP contribution in [0.4, 0.5) is 21.9 Å². The molecular formula is C34H34N4O6. The highest BCUT2D eigenvalue weighted by Gasteiger charge is 2.30. The summed E-state index contributed by atoms with van der Waals surface area (Å²) in [6, 6.07) is 25.9. The Morgan fingerprint density at radius 1 is 0.932 bits per heavy atom. The summed E-state index contributed by atoms with van der Waals surface area (Å²) >= 11 is 0. The van der Waals surface area contributed by atoms with Crippen molar-refractivity contribution >= 4 is 29.1 Å². The van der Waals surface area contributed by atoms with Crippen LogP contribution in [0.3, 0.4) is 0 Å². The minimum atomic E-state index is -1.08. The van der Waals surface area contributed by atoms with Crippen LogP contribution in [0, 0.1) is 10.1 Å². The van der Waals surface area contributed by atoms with Gasteiger partial charge in [0.15, 0.2) is 0 Å². The van der Waals surface area contributed by atoms with Crippen molar-refractivity contribution in [3.63, 3.8) is 0 Å². The van der Waals surface area contributed by atoms with E-state index < -0.39 is 23.0 Å². The Morgan fingerprint density at radius 2 is 1.55 bits per heavy atom. The molecule has 0 fully saturated rings. The maximum Gasteiger partial charge on any atom is 0.407 e. The number of anilines is 2. The number of nitro benzene ring substituents is 1. The summed E-state index contributed by atoms with van der Waals surface area (Å²) in [5, 5.41) is 16.6. The number of carbonyl (C=O) groups is 2. The molecule has 10 nitrogen and oxygen atoms in total. The van der Waals surface area contributed by atoms with E-state index in [4.69, 9.17) is 15.2 Å². The van der Waals surface area contributed by atoms with Gasteiger partial charge in [-0.05, 0) is 66.8 Å². The minimum Gasteiger partial charge on any atom is -0.488 e. The lowest BCUT2D eigenvalue weighted by Gasteiger charge is -2.22. The van der Waals surface area contributed by atoms with Crippen molar-refractivity contribution in [3.05, 3.63) is 118 Å². The molecule has 1 aliphatic rings. The molecule has 4 aromatic rings. The molecule has 0 heterocycles. The summed E-state index contributed by atoms with van der Waals surface area (Å²) in [5.41, 5.74) is 10.7. The third-order valence-corrected chi connectivity index (χ3v) is 7.25. The molecule has 0 aromatic heterocycles. The number of nitro groups is 1. The number of nitrogens with two attached hydrogens (primary N) is 1. The molecule has 0 unspecified atom stereocenters. The molecule has 0 aliphatic heterocycles. The molecule has 0 radical (unpaired) electrons. The lowest BCUT2D eigenvalue weighted by atomic mass is 9.98. The quantitative estimate of drug-likeness (QED) is 0.115. The molecule has 226 valence electrons. The zero-order valence-corrected chi connectivity index (χ0v) is 24.7. The summed E-state index contributed by atoms with van der Waals surface area (Å²) in [6.07, 6.45) is -0.660. The Morgan fingerprint density at radius 3 is 2.14 bits per heavy atom. The monoisotopic (exact) mass is 594 g/mol. The number of fused-ring (bicyclic) bond motifs is 3. The summed E-state index contributed by atoms with van der Waals surface area (Å²) < 4.78 is 11.6. The molecule has 0 saturated carbocycles. The van der Waals surface area contributed by atoms with Crippen molar-refractivity contribution in [2.24, 2.45) is 0 Å². The first-order valence-electron chi connectivity index (χ1n) is 14.2. The first-order valence-corrected chi connectivity index (χ1v) is 14.2.